The van der Waals surface area contributed by atoms with Crippen molar-refractivity contribution in [3.05, 3.63) is 77.6 Å². The molecular formula is C26H24ClN3O4. The van der Waals surface area contributed by atoms with Gasteiger partial charge in [0.25, 0.3) is 0 Å². The van der Waals surface area contributed by atoms with Crippen LogP contribution in [0.3, 0.4) is 0 Å². The van der Waals surface area contributed by atoms with E-state index in [4.69, 9.17) is 26.2 Å². The first-order valence-corrected chi connectivity index (χ1v) is 11.3. The number of rotatable bonds is 10. The molecule has 0 spiro atoms. The van der Waals surface area contributed by atoms with Crippen LogP contribution in [0.15, 0.2) is 67.0 Å². The average Bonchev–Trinajstić information content (AvgIpc) is 2.85. The number of carboxylic acid groups (broad SMARTS) is 1. The number of hydrogen-bond donors (Lipinski definition) is 2. The maximum Gasteiger partial charge on any atom is 0.341 e. The number of aliphatic carboxylic acids is 1. The predicted octanol–water partition coefficient (Wildman–Crippen LogP) is 5.47. The van der Waals surface area contributed by atoms with Gasteiger partial charge in [0.1, 0.15) is 12.1 Å². The van der Waals surface area contributed by atoms with Crippen molar-refractivity contribution in [2.75, 3.05) is 25.1 Å². The Bertz CT molecular complexity index is 1310. The first-order chi connectivity index (χ1) is 16.5. The predicted molar refractivity (Wildman–Crippen MR) is 133 cm³/mol. The Hall–Kier alpha value is -3.84. The van der Waals surface area contributed by atoms with Gasteiger partial charge >= 0.3 is 5.97 Å². The lowest BCUT2D eigenvalue weighted by Crippen LogP contribution is -2.10. The van der Waals surface area contributed by atoms with Gasteiger partial charge in [0.2, 0.25) is 0 Å². The molecule has 1 heterocycles. The van der Waals surface area contributed by atoms with E-state index < -0.39 is 12.6 Å². The Morgan fingerprint density at radius 1 is 1.00 bits per heavy atom. The van der Waals surface area contributed by atoms with Crippen LogP contribution in [0.25, 0.3) is 22.0 Å². The Balaban J connectivity index is 1.48. The second-order valence-corrected chi connectivity index (χ2v) is 7.90. The number of anilines is 1. The van der Waals surface area contributed by atoms with Crippen molar-refractivity contribution in [3.8, 4) is 22.8 Å². The van der Waals surface area contributed by atoms with Gasteiger partial charge in [0.05, 0.1) is 12.3 Å². The molecule has 0 bridgehead atoms. The number of carboxylic acids is 1. The molecule has 0 aliphatic rings. The van der Waals surface area contributed by atoms with Crippen molar-refractivity contribution < 1.29 is 19.4 Å². The first kappa shape index (κ1) is 23.3. The topological polar surface area (TPSA) is 93.6 Å². The Morgan fingerprint density at radius 2 is 1.82 bits per heavy atom. The number of aromatic nitrogens is 2. The van der Waals surface area contributed by atoms with E-state index in [0.29, 0.717) is 36.2 Å². The van der Waals surface area contributed by atoms with E-state index >= 15 is 0 Å². The lowest BCUT2D eigenvalue weighted by molar-refractivity contribution is -0.139. The van der Waals surface area contributed by atoms with Crippen molar-refractivity contribution in [1.82, 2.24) is 9.97 Å². The van der Waals surface area contributed by atoms with Crippen LogP contribution in [-0.4, -0.2) is 40.8 Å². The summed E-state index contributed by atoms with van der Waals surface area (Å²) in [5, 5.41) is 15.2. The molecule has 0 saturated heterocycles. The molecule has 7 nitrogen and oxygen atoms in total. The minimum atomic E-state index is -1.05. The number of fused-ring (bicyclic) bond motifs is 1. The van der Waals surface area contributed by atoms with Gasteiger partial charge in [0.15, 0.2) is 18.1 Å². The normalized spacial score (nSPS) is 10.8. The number of halogens is 1. The van der Waals surface area contributed by atoms with Crippen molar-refractivity contribution in [3.63, 3.8) is 0 Å². The molecule has 0 amide bonds. The number of carbonyl (C=O) groups is 1. The fourth-order valence-electron chi connectivity index (χ4n) is 3.67. The molecule has 1 aromatic heterocycles. The van der Waals surface area contributed by atoms with Gasteiger partial charge in [-0.15, -0.1) is 0 Å². The monoisotopic (exact) mass is 477 g/mol. The third-order valence-electron chi connectivity index (χ3n) is 5.22. The number of benzene rings is 3. The van der Waals surface area contributed by atoms with E-state index in [0.717, 1.165) is 27.8 Å². The molecule has 0 aliphatic carbocycles. The lowest BCUT2D eigenvalue weighted by Gasteiger charge is -2.13. The summed E-state index contributed by atoms with van der Waals surface area (Å²) in [5.41, 5.74) is 2.72. The first-order valence-electron chi connectivity index (χ1n) is 10.9. The molecule has 174 valence electrons. The zero-order valence-electron chi connectivity index (χ0n) is 18.6. The van der Waals surface area contributed by atoms with E-state index in [2.05, 4.69) is 27.4 Å². The van der Waals surface area contributed by atoms with E-state index in [1.165, 1.54) is 11.9 Å². The number of hydrogen-bond acceptors (Lipinski definition) is 6. The third-order valence-corrected chi connectivity index (χ3v) is 5.55. The molecule has 0 atom stereocenters. The highest BCUT2D eigenvalue weighted by Crippen LogP contribution is 2.33. The van der Waals surface area contributed by atoms with Gasteiger partial charge in [-0.1, -0.05) is 41.9 Å². The molecule has 34 heavy (non-hydrogen) atoms. The van der Waals surface area contributed by atoms with E-state index in [1.807, 2.05) is 43.3 Å². The van der Waals surface area contributed by atoms with Crippen LogP contribution in [-0.2, 0) is 11.2 Å². The summed E-state index contributed by atoms with van der Waals surface area (Å²) in [6, 6.07) is 19.2. The highest BCUT2D eigenvalue weighted by Gasteiger charge is 2.11. The molecule has 0 saturated carbocycles. The maximum absolute atomic E-state index is 10.8. The zero-order chi connectivity index (χ0) is 23.9. The summed E-state index contributed by atoms with van der Waals surface area (Å²) < 4.78 is 11.0. The number of ether oxygens (including phenoxy) is 2. The Morgan fingerprint density at radius 3 is 2.62 bits per heavy atom. The second kappa shape index (κ2) is 10.9. The molecule has 4 rings (SSSR count). The summed E-state index contributed by atoms with van der Waals surface area (Å²) in [6.45, 7) is 2.52. The number of nitrogens with one attached hydrogen (secondary N) is 1. The molecular weight excluding hydrogens is 454 g/mol. The molecule has 0 radical (unpaired) electrons. The minimum Gasteiger partial charge on any atom is -0.490 e. The van der Waals surface area contributed by atoms with Gasteiger partial charge in [-0.2, -0.15) is 0 Å². The highest BCUT2D eigenvalue weighted by atomic mass is 35.5. The quantitative estimate of drug-likeness (QED) is 0.313. The molecule has 0 aliphatic heterocycles. The zero-order valence-corrected chi connectivity index (χ0v) is 19.4. The van der Waals surface area contributed by atoms with Gasteiger partial charge in [-0.3, -0.25) is 0 Å². The molecule has 3 aromatic carbocycles. The van der Waals surface area contributed by atoms with Crippen molar-refractivity contribution >= 4 is 34.2 Å². The minimum absolute atomic E-state index is 0.371. The van der Waals surface area contributed by atoms with Crippen LogP contribution in [0, 0.1) is 0 Å². The summed E-state index contributed by atoms with van der Waals surface area (Å²) in [6.07, 6.45) is 2.31. The Kier molecular flexibility index (Phi) is 7.44. The SMILES string of the molecule is CCOc1cc(-c2cc(NCCc3ccc(Cl)c4ccccc34)ncn2)ccc1OCC(=O)O. The fraction of sp³-hybridized carbons (Fsp3) is 0.192. The summed E-state index contributed by atoms with van der Waals surface area (Å²) in [7, 11) is 0. The maximum atomic E-state index is 10.8. The van der Waals surface area contributed by atoms with Crippen LogP contribution >= 0.6 is 11.6 Å². The van der Waals surface area contributed by atoms with Crippen LogP contribution < -0.4 is 14.8 Å². The molecule has 0 unspecified atom stereocenters. The Labute approximate surface area is 202 Å². The van der Waals surface area contributed by atoms with E-state index in [-0.39, 0.29) is 0 Å². The largest absolute Gasteiger partial charge is 0.490 e. The van der Waals surface area contributed by atoms with Crippen molar-refractivity contribution in [2.45, 2.75) is 13.3 Å². The summed E-state index contributed by atoms with van der Waals surface area (Å²) >= 11 is 6.33. The summed E-state index contributed by atoms with van der Waals surface area (Å²) in [4.78, 5) is 19.5. The number of nitrogens with zero attached hydrogens (tertiary/aromatic N) is 2. The fourth-order valence-corrected chi connectivity index (χ4v) is 3.90. The summed E-state index contributed by atoms with van der Waals surface area (Å²) in [5.74, 6) is 0.483. The van der Waals surface area contributed by atoms with Gasteiger partial charge < -0.3 is 19.9 Å². The smallest absolute Gasteiger partial charge is 0.341 e. The average molecular weight is 478 g/mol. The van der Waals surface area contributed by atoms with Crippen LogP contribution in [0.4, 0.5) is 5.82 Å². The highest BCUT2D eigenvalue weighted by molar-refractivity contribution is 6.35. The van der Waals surface area contributed by atoms with Gasteiger partial charge in [-0.05, 0) is 48.6 Å². The van der Waals surface area contributed by atoms with Gasteiger partial charge in [-0.25, -0.2) is 14.8 Å². The van der Waals surface area contributed by atoms with Crippen molar-refractivity contribution in [1.29, 1.82) is 0 Å². The second-order valence-electron chi connectivity index (χ2n) is 7.49. The molecule has 4 aromatic rings. The van der Waals surface area contributed by atoms with Crippen molar-refractivity contribution in [2.24, 2.45) is 0 Å². The van der Waals surface area contributed by atoms with Crippen LogP contribution in [0.1, 0.15) is 12.5 Å². The standard InChI is InChI=1S/C26H24ClN3O4/c1-2-33-24-13-18(8-10-23(24)34-15-26(31)32)22-14-25(30-16-29-22)28-12-11-17-7-9-21(27)20-6-4-3-5-19(17)20/h3-10,13-14,16H,2,11-12,15H2,1H3,(H,31,32)(H,28,29,30). The molecule has 8 heteroatoms. The van der Waals surface area contributed by atoms with E-state index in [1.54, 1.807) is 12.1 Å². The third kappa shape index (κ3) is 5.55. The molecule has 0 fully saturated rings. The van der Waals surface area contributed by atoms with E-state index in [9.17, 15) is 4.79 Å². The van der Waals surface area contributed by atoms with Crippen LogP contribution in [0.5, 0.6) is 11.5 Å². The van der Waals surface area contributed by atoms with Crippen LogP contribution in [0.2, 0.25) is 5.02 Å². The lowest BCUT2D eigenvalue weighted by atomic mass is 10.0. The van der Waals surface area contributed by atoms with Gasteiger partial charge in [0, 0.05) is 28.6 Å². The molecule has 2 N–H and O–H groups in total.